The molecule has 1 aliphatic rings. The lowest BCUT2D eigenvalue weighted by Gasteiger charge is -2.36. The molecule has 0 aromatic heterocycles. The number of hydrogen-bond donors (Lipinski definition) is 1. The number of esters is 2. The fourth-order valence-electron chi connectivity index (χ4n) is 3.88. The predicted octanol–water partition coefficient (Wildman–Crippen LogP) is 3.58. The van der Waals surface area contributed by atoms with Crippen molar-refractivity contribution < 1.29 is 37.3 Å². The number of hydrogen-bond acceptors (Lipinski definition) is 9. The molecule has 0 radical (unpaired) electrons. The van der Waals surface area contributed by atoms with E-state index in [4.69, 9.17) is 19.9 Å². The normalized spacial score (nSPS) is 15.5. The Morgan fingerprint density at radius 3 is 2.31 bits per heavy atom. The molecule has 9 nitrogen and oxygen atoms in total. The molecule has 188 valence electrons. The summed E-state index contributed by atoms with van der Waals surface area (Å²) in [6.07, 6.45) is 0. The first-order chi connectivity index (χ1) is 17.3. The molecular weight excluding hydrogens is 476 g/mol. The summed E-state index contributed by atoms with van der Waals surface area (Å²) in [7, 11) is 2.25. The highest BCUT2D eigenvalue weighted by Crippen LogP contribution is 2.44. The third-order valence-corrected chi connectivity index (χ3v) is 5.31. The lowest BCUT2D eigenvalue weighted by Crippen LogP contribution is -2.40. The van der Waals surface area contributed by atoms with Gasteiger partial charge in [0.1, 0.15) is 11.5 Å². The first kappa shape index (κ1) is 26.0. The summed E-state index contributed by atoms with van der Waals surface area (Å²) in [5.41, 5.74) is 6.52. The van der Waals surface area contributed by atoms with Crippen molar-refractivity contribution in [3.05, 3.63) is 76.8 Å². The van der Waals surface area contributed by atoms with E-state index in [-0.39, 0.29) is 46.5 Å². The average molecular weight is 499 g/mol. The van der Waals surface area contributed by atoms with Gasteiger partial charge in [-0.05, 0) is 24.6 Å². The van der Waals surface area contributed by atoms with Crippen LogP contribution in [0.3, 0.4) is 0 Å². The maximum absolute atomic E-state index is 13.1. The number of rotatable bonds is 8. The second-order valence-electron chi connectivity index (χ2n) is 7.28. The molecule has 3 rings (SSSR count). The molecule has 0 aliphatic carbocycles. The SMILES string of the molecule is CCOc1cc(N2C(N)=C(C#N)C(c3ccccc3)C(C(=O)OC)=C2C(=O)OC)ccc1OC(F)F. The first-order valence-corrected chi connectivity index (χ1v) is 10.7. The van der Waals surface area contributed by atoms with Crippen LogP contribution in [0, 0.1) is 11.3 Å². The van der Waals surface area contributed by atoms with E-state index in [0.29, 0.717) is 5.56 Å². The quantitative estimate of drug-likeness (QED) is 0.543. The molecule has 1 unspecified atom stereocenters. The molecule has 0 saturated heterocycles. The number of halogens is 2. The standard InChI is InChI=1S/C25H23F2N3O6/c1-4-35-18-12-15(10-11-17(18)36-25(26)27)30-21(24(32)34-3)20(23(31)33-2)19(16(13-28)22(30)29)14-8-6-5-7-9-14/h5-12,19,25H,4,29H2,1-3H3. The minimum atomic E-state index is -3.11. The summed E-state index contributed by atoms with van der Waals surface area (Å²) in [5.74, 6) is -3.38. The van der Waals surface area contributed by atoms with Gasteiger partial charge in [0.15, 0.2) is 11.5 Å². The van der Waals surface area contributed by atoms with Crippen molar-refractivity contribution in [3.8, 4) is 17.6 Å². The molecule has 1 atom stereocenters. The van der Waals surface area contributed by atoms with Crippen molar-refractivity contribution in [2.24, 2.45) is 5.73 Å². The van der Waals surface area contributed by atoms with E-state index in [0.717, 1.165) is 19.1 Å². The van der Waals surface area contributed by atoms with Crippen LogP contribution in [0.4, 0.5) is 14.5 Å². The fraction of sp³-hybridized carbons (Fsp3) is 0.240. The van der Waals surface area contributed by atoms with Gasteiger partial charge in [0, 0.05) is 6.07 Å². The lowest BCUT2D eigenvalue weighted by molar-refractivity contribution is -0.139. The molecule has 0 amide bonds. The third kappa shape index (κ3) is 4.93. The van der Waals surface area contributed by atoms with Crippen LogP contribution >= 0.6 is 0 Å². The molecule has 0 spiro atoms. The Morgan fingerprint density at radius 1 is 1.08 bits per heavy atom. The van der Waals surface area contributed by atoms with Crippen LogP contribution in [0.25, 0.3) is 0 Å². The van der Waals surface area contributed by atoms with E-state index in [1.165, 1.54) is 18.2 Å². The fourth-order valence-corrected chi connectivity index (χ4v) is 3.88. The minimum Gasteiger partial charge on any atom is -0.490 e. The number of alkyl halides is 2. The van der Waals surface area contributed by atoms with Gasteiger partial charge in [0.2, 0.25) is 0 Å². The molecular formula is C25H23F2N3O6. The summed E-state index contributed by atoms with van der Waals surface area (Å²) in [6, 6.07) is 14.3. The van der Waals surface area contributed by atoms with Crippen molar-refractivity contribution in [1.29, 1.82) is 5.26 Å². The van der Waals surface area contributed by atoms with Gasteiger partial charge in [-0.15, -0.1) is 0 Å². The molecule has 0 bridgehead atoms. The van der Waals surface area contributed by atoms with Gasteiger partial charge in [-0.3, -0.25) is 4.90 Å². The van der Waals surface area contributed by atoms with E-state index in [2.05, 4.69) is 4.74 Å². The van der Waals surface area contributed by atoms with E-state index < -0.39 is 24.5 Å². The monoisotopic (exact) mass is 499 g/mol. The predicted molar refractivity (Wildman–Crippen MR) is 124 cm³/mol. The summed E-state index contributed by atoms with van der Waals surface area (Å²) in [6.45, 7) is -1.36. The molecule has 11 heteroatoms. The van der Waals surface area contributed by atoms with Crippen LogP contribution < -0.4 is 20.1 Å². The smallest absolute Gasteiger partial charge is 0.387 e. The number of methoxy groups -OCH3 is 2. The highest BCUT2D eigenvalue weighted by molar-refractivity contribution is 6.06. The zero-order valence-corrected chi connectivity index (χ0v) is 19.7. The number of nitrogens with zero attached hydrogens (tertiary/aromatic N) is 2. The van der Waals surface area contributed by atoms with Gasteiger partial charge in [-0.1, -0.05) is 30.3 Å². The van der Waals surface area contributed by atoms with Crippen LogP contribution in [-0.4, -0.2) is 39.4 Å². The Bertz CT molecular complexity index is 1250. The molecule has 2 aromatic carbocycles. The maximum Gasteiger partial charge on any atom is 0.387 e. The topological polar surface area (TPSA) is 124 Å². The molecule has 2 N–H and O–H groups in total. The molecule has 1 heterocycles. The van der Waals surface area contributed by atoms with Crippen LogP contribution in [0.15, 0.2) is 71.2 Å². The number of benzene rings is 2. The number of carbonyl (C=O) groups is 2. The maximum atomic E-state index is 13.1. The summed E-state index contributed by atoms with van der Waals surface area (Å²) in [4.78, 5) is 27.3. The number of carbonyl (C=O) groups excluding carboxylic acids is 2. The Labute approximate surface area is 205 Å². The van der Waals surface area contributed by atoms with Crippen LogP contribution in [-0.2, 0) is 19.1 Å². The number of anilines is 1. The van der Waals surface area contributed by atoms with Crippen molar-refractivity contribution in [2.75, 3.05) is 25.7 Å². The molecule has 0 fully saturated rings. The summed E-state index contributed by atoms with van der Waals surface area (Å²) >= 11 is 0. The molecule has 2 aromatic rings. The van der Waals surface area contributed by atoms with Crippen LogP contribution in [0.5, 0.6) is 11.5 Å². The van der Waals surface area contributed by atoms with E-state index >= 15 is 0 Å². The van der Waals surface area contributed by atoms with E-state index in [1.807, 2.05) is 6.07 Å². The Kier molecular flexibility index (Phi) is 8.11. The van der Waals surface area contributed by atoms with Crippen molar-refractivity contribution in [2.45, 2.75) is 19.5 Å². The largest absolute Gasteiger partial charge is 0.490 e. The van der Waals surface area contributed by atoms with Crippen molar-refractivity contribution in [3.63, 3.8) is 0 Å². The number of allylic oxidation sites excluding steroid dienone is 1. The minimum absolute atomic E-state index is 0.0416. The van der Waals surface area contributed by atoms with Gasteiger partial charge in [0.25, 0.3) is 0 Å². The number of ether oxygens (including phenoxy) is 4. The summed E-state index contributed by atoms with van der Waals surface area (Å²) < 4.78 is 45.6. The van der Waals surface area contributed by atoms with Gasteiger partial charge in [0.05, 0.1) is 49.6 Å². The van der Waals surface area contributed by atoms with Gasteiger partial charge in [-0.25, -0.2) is 9.59 Å². The second-order valence-corrected chi connectivity index (χ2v) is 7.28. The Balaban J connectivity index is 2.36. The zero-order chi connectivity index (χ0) is 26.4. The number of nitriles is 1. The van der Waals surface area contributed by atoms with E-state index in [1.54, 1.807) is 37.3 Å². The zero-order valence-electron chi connectivity index (χ0n) is 19.7. The van der Waals surface area contributed by atoms with Gasteiger partial charge in [-0.2, -0.15) is 14.0 Å². The third-order valence-electron chi connectivity index (χ3n) is 5.31. The highest BCUT2D eigenvalue weighted by Gasteiger charge is 2.43. The van der Waals surface area contributed by atoms with Gasteiger partial charge < -0.3 is 24.7 Å². The molecule has 1 aliphatic heterocycles. The van der Waals surface area contributed by atoms with Crippen molar-refractivity contribution >= 4 is 17.6 Å². The lowest BCUT2D eigenvalue weighted by atomic mass is 9.81. The molecule has 0 saturated carbocycles. The van der Waals surface area contributed by atoms with E-state index in [9.17, 15) is 23.6 Å². The second kappa shape index (κ2) is 11.2. The molecule has 36 heavy (non-hydrogen) atoms. The number of nitrogens with two attached hydrogens (primary N) is 1. The van der Waals surface area contributed by atoms with Crippen LogP contribution in [0.1, 0.15) is 18.4 Å². The van der Waals surface area contributed by atoms with Crippen molar-refractivity contribution in [1.82, 2.24) is 0 Å². The van der Waals surface area contributed by atoms with Crippen LogP contribution in [0.2, 0.25) is 0 Å². The first-order valence-electron chi connectivity index (χ1n) is 10.7. The Morgan fingerprint density at radius 2 is 1.75 bits per heavy atom. The Hall–Kier alpha value is -4.59. The van der Waals surface area contributed by atoms with Gasteiger partial charge >= 0.3 is 18.6 Å². The average Bonchev–Trinajstić information content (AvgIpc) is 2.88. The summed E-state index contributed by atoms with van der Waals surface area (Å²) in [5, 5.41) is 10.1. The highest BCUT2D eigenvalue weighted by atomic mass is 19.3.